The molecule has 0 aliphatic carbocycles. The minimum Gasteiger partial charge on any atom is -0.496 e. The van der Waals surface area contributed by atoms with E-state index in [0.29, 0.717) is 17.9 Å². The third kappa shape index (κ3) is 3.05. The van der Waals surface area contributed by atoms with E-state index in [-0.39, 0.29) is 0 Å². The number of aryl methyl sites for hydroxylation is 2. The lowest BCUT2D eigenvalue weighted by atomic mass is 9.84. The van der Waals surface area contributed by atoms with Crippen molar-refractivity contribution in [2.75, 3.05) is 14.2 Å². The lowest BCUT2D eigenvalue weighted by molar-refractivity contribution is 0.316. The highest BCUT2D eigenvalue weighted by Crippen LogP contribution is 2.32. The Hall–Kier alpha value is -1.02. The van der Waals surface area contributed by atoms with Crippen molar-refractivity contribution >= 4 is 0 Å². The molecule has 0 saturated heterocycles. The van der Waals surface area contributed by atoms with Crippen LogP contribution in [0.1, 0.15) is 43.5 Å². The Labute approximate surface area is 112 Å². The van der Waals surface area contributed by atoms with Gasteiger partial charge in [0.05, 0.1) is 7.11 Å². The van der Waals surface area contributed by atoms with Crippen LogP contribution in [0.15, 0.2) is 12.1 Å². The molecule has 2 nitrogen and oxygen atoms in total. The normalized spacial score (nSPS) is 14.7. The summed E-state index contributed by atoms with van der Waals surface area (Å²) in [5, 5.41) is 3.46. The monoisotopic (exact) mass is 249 g/mol. The fourth-order valence-corrected chi connectivity index (χ4v) is 2.45. The van der Waals surface area contributed by atoms with Gasteiger partial charge in [0.25, 0.3) is 0 Å². The molecule has 0 bridgehead atoms. The predicted molar refractivity (Wildman–Crippen MR) is 78.3 cm³/mol. The number of hydrogen-bond acceptors (Lipinski definition) is 2. The molecule has 1 aromatic rings. The van der Waals surface area contributed by atoms with Gasteiger partial charge in [-0.15, -0.1) is 0 Å². The molecule has 2 unspecified atom stereocenters. The van der Waals surface area contributed by atoms with Crippen molar-refractivity contribution in [1.82, 2.24) is 5.32 Å². The molecule has 0 amide bonds. The summed E-state index contributed by atoms with van der Waals surface area (Å²) in [4.78, 5) is 0. The van der Waals surface area contributed by atoms with Crippen LogP contribution in [0.25, 0.3) is 0 Å². The molecule has 2 atom stereocenters. The second kappa shape index (κ2) is 6.24. The van der Waals surface area contributed by atoms with E-state index >= 15 is 0 Å². The van der Waals surface area contributed by atoms with Crippen LogP contribution < -0.4 is 10.1 Å². The number of benzene rings is 1. The highest BCUT2D eigenvalue weighted by atomic mass is 16.5. The highest BCUT2D eigenvalue weighted by Gasteiger charge is 2.22. The van der Waals surface area contributed by atoms with Gasteiger partial charge in [0.2, 0.25) is 0 Å². The fourth-order valence-electron chi connectivity index (χ4n) is 2.45. The van der Waals surface area contributed by atoms with Crippen LogP contribution >= 0.6 is 0 Å². The molecule has 1 aromatic carbocycles. The van der Waals surface area contributed by atoms with Crippen molar-refractivity contribution in [2.45, 2.75) is 40.7 Å². The topological polar surface area (TPSA) is 21.3 Å². The molecule has 1 N–H and O–H groups in total. The van der Waals surface area contributed by atoms with E-state index in [1.807, 2.05) is 7.05 Å². The van der Waals surface area contributed by atoms with Crippen molar-refractivity contribution in [3.63, 3.8) is 0 Å². The average molecular weight is 249 g/mol. The average Bonchev–Trinajstić information content (AvgIpc) is 2.33. The molecule has 18 heavy (non-hydrogen) atoms. The van der Waals surface area contributed by atoms with Gasteiger partial charge >= 0.3 is 0 Å². The summed E-state index contributed by atoms with van der Waals surface area (Å²) in [6, 6.07) is 4.80. The molecule has 0 radical (unpaired) electrons. The van der Waals surface area contributed by atoms with Crippen LogP contribution in [0, 0.1) is 25.7 Å². The van der Waals surface area contributed by atoms with E-state index in [0.717, 1.165) is 5.75 Å². The maximum Gasteiger partial charge on any atom is 0.122 e. The molecule has 0 saturated carbocycles. The van der Waals surface area contributed by atoms with E-state index in [2.05, 4.69) is 52.1 Å². The zero-order valence-electron chi connectivity index (χ0n) is 12.8. The second-order valence-electron chi connectivity index (χ2n) is 5.55. The number of methoxy groups -OCH3 is 1. The summed E-state index contributed by atoms with van der Waals surface area (Å²) < 4.78 is 5.38. The van der Waals surface area contributed by atoms with Crippen molar-refractivity contribution in [3.8, 4) is 5.75 Å². The van der Waals surface area contributed by atoms with Gasteiger partial charge in [-0.1, -0.05) is 26.8 Å². The minimum absolute atomic E-state index is 0.398. The van der Waals surface area contributed by atoms with Gasteiger partial charge < -0.3 is 10.1 Å². The van der Waals surface area contributed by atoms with Gasteiger partial charge in [-0.05, 0) is 55.5 Å². The number of ether oxygens (including phenoxy) is 1. The fraction of sp³-hybridized carbons (Fsp3) is 0.625. The Kier molecular flexibility index (Phi) is 5.21. The van der Waals surface area contributed by atoms with Crippen molar-refractivity contribution in [1.29, 1.82) is 0 Å². The van der Waals surface area contributed by atoms with E-state index < -0.39 is 0 Å². The first-order chi connectivity index (χ1) is 8.42. The van der Waals surface area contributed by atoms with Gasteiger partial charge in [0.1, 0.15) is 5.75 Å². The van der Waals surface area contributed by atoms with Crippen LogP contribution in [-0.2, 0) is 0 Å². The summed E-state index contributed by atoms with van der Waals surface area (Å²) in [6.45, 7) is 11.1. The molecule has 0 aromatic heterocycles. The lowest BCUT2D eigenvalue weighted by Crippen LogP contribution is -2.27. The summed E-state index contributed by atoms with van der Waals surface area (Å²) in [5.41, 5.74) is 3.88. The molecule has 102 valence electrons. The van der Waals surface area contributed by atoms with Crippen LogP contribution in [0.4, 0.5) is 0 Å². The van der Waals surface area contributed by atoms with Crippen LogP contribution in [0.5, 0.6) is 5.75 Å². The molecule has 0 aliphatic heterocycles. The van der Waals surface area contributed by atoms with Gasteiger partial charge in [0.15, 0.2) is 0 Å². The number of nitrogens with one attached hydrogen (secondary N) is 1. The molecule has 1 rings (SSSR count). The van der Waals surface area contributed by atoms with Crippen LogP contribution in [0.3, 0.4) is 0 Å². The Balaban J connectivity index is 3.18. The standard InChI is InChI=1S/C16H27NO/c1-10(2)13(5)16(17-6)14-8-12(4)15(18-7)9-11(14)3/h8-10,13,16-17H,1-7H3. The third-order valence-electron chi connectivity index (χ3n) is 4.01. The van der Waals surface area contributed by atoms with E-state index in [4.69, 9.17) is 4.74 Å². The summed E-state index contributed by atoms with van der Waals surface area (Å²) >= 11 is 0. The summed E-state index contributed by atoms with van der Waals surface area (Å²) in [5.74, 6) is 2.23. The van der Waals surface area contributed by atoms with E-state index in [9.17, 15) is 0 Å². The first-order valence-electron chi connectivity index (χ1n) is 6.74. The molecular formula is C16H27NO. The highest BCUT2D eigenvalue weighted by molar-refractivity contribution is 5.43. The van der Waals surface area contributed by atoms with E-state index in [1.165, 1.54) is 16.7 Å². The molecular weight excluding hydrogens is 222 g/mol. The SMILES string of the molecule is CNC(c1cc(C)c(OC)cc1C)C(C)C(C)C. The molecule has 2 heteroatoms. The van der Waals surface area contributed by atoms with E-state index in [1.54, 1.807) is 7.11 Å². The molecule has 0 aliphatic rings. The zero-order valence-corrected chi connectivity index (χ0v) is 12.8. The first kappa shape index (κ1) is 15.0. The van der Waals surface area contributed by atoms with Crippen molar-refractivity contribution < 1.29 is 4.74 Å². The zero-order chi connectivity index (χ0) is 13.9. The van der Waals surface area contributed by atoms with Gasteiger partial charge in [0, 0.05) is 6.04 Å². The third-order valence-corrected chi connectivity index (χ3v) is 4.01. The lowest BCUT2D eigenvalue weighted by Gasteiger charge is -2.29. The number of hydrogen-bond donors (Lipinski definition) is 1. The second-order valence-corrected chi connectivity index (χ2v) is 5.55. The van der Waals surface area contributed by atoms with Crippen LogP contribution in [-0.4, -0.2) is 14.2 Å². The van der Waals surface area contributed by atoms with Crippen molar-refractivity contribution in [3.05, 3.63) is 28.8 Å². The van der Waals surface area contributed by atoms with Gasteiger partial charge in [-0.2, -0.15) is 0 Å². The minimum atomic E-state index is 0.398. The van der Waals surface area contributed by atoms with Crippen molar-refractivity contribution in [2.24, 2.45) is 11.8 Å². The van der Waals surface area contributed by atoms with Crippen LogP contribution in [0.2, 0.25) is 0 Å². The summed E-state index contributed by atoms with van der Waals surface area (Å²) in [7, 11) is 3.77. The Morgan fingerprint density at radius 3 is 2.11 bits per heavy atom. The smallest absolute Gasteiger partial charge is 0.122 e. The Bertz CT molecular complexity index is 398. The maximum atomic E-state index is 5.38. The maximum absolute atomic E-state index is 5.38. The first-order valence-corrected chi connectivity index (χ1v) is 6.74. The Morgan fingerprint density at radius 2 is 1.67 bits per heavy atom. The molecule has 0 heterocycles. The number of rotatable bonds is 5. The predicted octanol–water partition coefficient (Wildman–Crippen LogP) is 3.86. The summed E-state index contributed by atoms with van der Waals surface area (Å²) in [6.07, 6.45) is 0. The van der Waals surface area contributed by atoms with Gasteiger partial charge in [-0.25, -0.2) is 0 Å². The molecule has 0 fully saturated rings. The van der Waals surface area contributed by atoms with Gasteiger partial charge in [-0.3, -0.25) is 0 Å². The largest absolute Gasteiger partial charge is 0.496 e. The Morgan fingerprint density at radius 1 is 1.06 bits per heavy atom. The quantitative estimate of drug-likeness (QED) is 0.855. The molecule has 0 spiro atoms.